The highest BCUT2D eigenvalue weighted by Crippen LogP contribution is 2.30. The van der Waals surface area contributed by atoms with E-state index in [0.29, 0.717) is 38.0 Å². The maximum absolute atomic E-state index is 14.1. The number of benzene rings is 2. The third-order valence-corrected chi connectivity index (χ3v) is 12.3. The Morgan fingerprint density at radius 2 is 1.57 bits per heavy atom. The molecule has 0 saturated carbocycles. The van der Waals surface area contributed by atoms with Crippen molar-refractivity contribution in [2.45, 2.75) is 117 Å². The number of unbranched alkanes of at least 4 members (excludes halogenated alkanes) is 3. The number of hydrazine groups is 1. The van der Waals surface area contributed by atoms with Crippen molar-refractivity contribution in [2.75, 3.05) is 44.2 Å². The van der Waals surface area contributed by atoms with Crippen LogP contribution in [0.3, 0.4) is 0 Å². The zero-order chi connectivity index (χ0) is 43.4. The number of rotatable bonds is 18. The van der Waals surface area contributed by atoms with Gasteiger partial charge in [0, 0.05) is 69.8 Å². The molecule has 15 heteroatoms. The molecule has 1 aromatic heterocycles. The lowest BCUT2D eigenvalue weighted by Crippen LogP contribution is -2.57. The number of nitrogens with zero attached hydrogens (tertiary/aromatic N) is 4. The molecule has 2 fully saturated rings. The number of aliphatic hydroxyl groups is 1. The number of anilines is 1. The van der Waals surface area contributed by atoms with Gasteiger partial charge in [-0.05, 0) is 73.9 Å². The molecule has 14 nitrogen and oxygen atoms in total. The molecule has 2 saturated heterocycles. The Balaban J connectivity index is 1.01. The van der Waals surface area contributed by atoms with Gasteiger partial charge in [-0.15, -0.1) is 11.3 Å². The molecule has 60 heavy (non-hydrogen) atoms. The van der Waals surface area contributed by atoms with Gasteiger partial charge in [-0.3, -0.25) is 29.4 Å². The summed E-state index contributed by atoms with van der Waals surface area (Å²) in [5, 5.41) is 16.6. The first-order valence-electron chi connectivity index (χ1n) is 21.4. The second-order valence-electron chi connectivity index (χ2n) is 17.1. The van der Waals surface area contributed by atoms with Crippen LogP contribution >= 0.6 is 11.3 Å². The number of aryl methyl sites for hydroxylation is 1. The first-order valence-corrected chi connectivity index (χ1v) is 22.3. The molecule has 0 spiro atoms. The minimum Gasteiger partial charge on any atom is -0.391 e. The van der Waals surface area contributed by atoms with Crippen LogP contribution in [0.2, 0.25) is 0 Å². The molecule has 5 N–H and O–H groups in total. The van der Waals surface area contributed by atoms with E-state index in [-0.39, 0.29) is 55.0 Å². The van der Waals surface area contributed by atoms with Gasteiger partial charge in [0.1, 0.15) is 12.1 Å². The number of carbonyl (C=O) groups is 5. The lowest BCUT2D eigenvalue weighted by Gasteiger charge is -2.36. The summed E-state index contributed by atoms with van der Waals surface area (Å²) in [6.07, 6.45) is 3.82. The molecule has 0 bridgehead atoms. The summed E-state index contributed by atoms with van der Waals surface area (Å²) in [5.74, 6) is -1.01. The lowest BCUT2D eigenvalue weighted by molar-refractivity contribution is -0.144. The van der Waals surface area contributed by atoms with Gasteiger partial charge >= 0.3 is 0 Å². The van der Waals surface area contributed by atoms with E-state index < -0.39 is 23.6 Å². The molecule has 2 aliphatic rings. The van der Waals surface area contributed by atoms with E-state index >= 15 is 0 Å². The Morgan fingerprint density at radius 3 is 2.18 bits per heavy atom. The first-order chi connectivity index (χ1) is 28.7. The number of hydrogen-bond donors (Lipinski definition) is 5. The number of likely N-dealkylation sites (tertiary alicyclic amines) is 1. The molecule has 5 amide bonds. The van der Waals surface area contributed by atoms with E-state index in [1.54, 1.807) is 11.3 Å². The summed E-state index contributed by atoms with van der Waals surface area (Å²) in [7, 11) is 0. The standard InChI is InChI=1S/C45H64N8O6S/c1-7-22-47-50-42(57)34-18-20-35(21-19-34)51-23-25-52(26-24-51)39(56)13-11-9-8-10-12-38(55)49-41(45(4,5)6)44(59)53-28-36(54)27-37(53)43(58)48-30(2)32-14-16-33(17-15-32)40-31(3)46-29-60-40/h14-21,29-30,36-37,41,47,54H,7-13,22-28H2,1-6H3,(H,48,58)(H,49,55)(H,50,57)/t30-,36+,37-,41?/m0/s1. The molecule has 0 aliphatic carbocycles. The second kappa shape index (κ2) is 21.6. The van der Waals surface area contributed by atoms with Crippen molar-refractivity contribution < 1.29 is 29.1 Å². The van der Waals surface area contributed by atoms with Crippen LogP contribution in [0, 0.1) is 12.3 Å². The number of carbonyl (C=O) groups excluding carboxylic acids is 5. The number of aromatic nitrogens is 1. The third kappa shape index (κ3) is 12.6. The molecule has 3 aromatic rings. The van der Waals surface area contributed by atoms with E-state index in [0.717, 1.165) is 66.2 Å². The monoisotopic (exact) mass is 844 g/mol. The normalized spacial score (nSPS) is 17.9. The fourth-order valence-electron chi connectivity index (χ4n) is 7.70. The summed E-state index contributed by atoms with van der Waals surface area (Å²) >= 11 is 1.58. The Hall–Kier alpha value is -4.86. The average molecular weight is 845 g/mol. The topological polar surface area (TPSA) is 176 Å². The van der Waals surface area contributed by atoms with E-state index in [1.165, 1.54) is 4.90 Å². The van der Waals surface area contributed by atoms with Crippen LogP contribution in [0.15, 0.2) is 54.0 Å². The molecule has 2 aromatic carbocycles. The van der Waals surface area contributed by atoms with Crippen LogP contribution < -0.4 is 26.4 Å². The predicted octanol–water partition coefficient (Wildman–Crippen LogP) is 5.12. The van der Waals surface area contributed by atoms with Gasteiger partial charge < -0.3 is 30.4 Å². The van der Waals surface area contributed by atoms with Crippen molar-refractivity contribution in [3.05, 3.63) is 70.9 Å². The first kappa shape index (κ1) is 46.2. The van der Waals surface area contributed by atoms with Crippen molar-refractivity contribution in [1.82, 2.24) is 36.3 Å². The maximum Gasteiger partial charge on any atom is 0.265 e. The Bertz CT molecular complexity index is 1910. The smallest absolute Gasteiger partial charge is 0.265 e. The van der Waals surface area contributed by atoms with E-state index in [9.17, 15) is 29.1 Å². The van der Waals surface area contributed by atoms with Crippen LogP contribution in [0.4, 0.5) is 5.69 Å². The zero-order valence-corrected chi connectivity index (χ0v) is 36.9. The summed E-state index contributed by atoms with van der Waals surface area (Å²) in [5.41, 5.74) is 11.3. The average Bonchev–Trinajstić information content (AvgIpc) is 3.85. The molecule has 326 valence electrons. The minimum atomic E-state index is -0.886. The van der Waals surface area contributed by atoms with Crippen molar-refractivity contribution in [3.8, 4) is 10.4 Å². The van der Waals surface area contributed by atoms with Gasteiger partial charge in [0.2, 0.25) is 23.6 Å². The van der Waals surface area contributed by atoms with Gasteiger partial charge in [-0.2, -0.15) is 0 Å². The van der Waals surface area contributed by atoms with Crippen molar-refractivity contribution in [3.63, 3.8) is 0 Å². The quantitative estimate of drug-likeness (QED) is 0.0860. The van der Waals surface area contributed by atoms with E-state index in [4.69, 9.17) is 0 Å². The lowest BCUT2D eigenvalue weighted by atomic mass is 9.85. The highest BCUT2D eigenvalue weighted by atomic mass is 32.1. The Kier molecular flexibility index (Phi) is 16.6. The fourth-order valence-corrected chi connectivity index (χ4v) is 8.51. The number of amides is 5. The molecule has 3 heterocycles. The molecule has 1 unspecified atom stereocenters. The van der Waals surface area contributed by atoms with Gasteiger partial charge in [-0.25, -0.2) is 10.4 Å². The number of hydrogen-bond acceptors (Lipinski definition) is 10. The molecular formula is C45H64N8O6S. The summed E-state index contributed by atoms with van der Waals surface area (Å²) in [6.45, 7) is 15.0. The van der Waals surface area contributed by atoms with E-state index in [1.807, 2.05) is 100 Å². The number of nitrogens with one attached hydrogen (secondary N) is 4. The number of β-amino-alcohol motifs (C(OH)–C–C–N with tert-alkyl or cyclic N) is 1. The van der Waals surface area contributed by atoms with Gasteiger partial charge in [-0.1, -0.05) is 64.8 Å². The molecular weight excluding hydrogens is 781 g/mol. The molecule has 0 radical (unpaired) electrons. The van der Waals surface area contributed by atoms with Crippen LogP contribution in [0.25, 0.3) is 10.4 Å². The van der Waals surface area contributed by atoms with Crippen molar-refractivity contribution in [2.24, 2.45) is 5.41 Å². The van der Waals surface area contributed by atoms with Gasteiger partial charge in [0.25, 0.3) is 5.91 Å². The van der Waals surface area contributed by atoms with Gasteiger partial charge in [0.05, 0.1) is 28.2 Å². The van der Waals surface area contributed by atoms with E-state index in [2.05, 4.69) is 31.4 Å². The number of aliphatic hydroxyl groups excluding tert-OH is 1. The number of piperazine rings is 1. The summed E-state index contributed by atoms with van der Waals surface area (Å²) in [6, 6.07) is 13.4. The summed E-state index contributed by atoms with van der Waals surface area (Å²) < 4.78 is 0. The maximum atomic E-state index is 14.1. The van der Waals surface area contributed by atoms with Gasteiger partial charge in [0.15, 0.2) is 0 Å². The Labute approximate surface area is 358 Å². The third-order valence-electron chi connectivity index (χ3n) is 11.3. The molecule has 4 atom stereocenters. The number of thiazole rings is 1. The Morgan fingerprint density at radius 1 is 0.900 bits per heavy atom. The second-order valence-corrected chi connectivity index (χ2v) is 17.9. The molecule has 2 aliphatic heterocycles. The van der Waals surface area contributed by atoms with Crippen LogP contribution in [0.1, 0.15) is 114 Å². The fraction of sp³-hybridized carbons (Fsp3) is 0.556. The largest absolute Gasteiger partial charge is 0.391 e. The highest BCUT2D eigenvalue weighted by Gasteiger charge is 2.44. The van der Waals surface area contributed by atoms with Crippen molar-refractivity contribution >= 4 is 46.6 Å². The molecule has 5 rings (SSSR count). The van der Waals surface area contributed by atoms with Crippen LogP contribution in [-0.4, -0.2) is 107 Å². The predicted molar refractivity (Wildman–Crippen MR) is 235 cm³/mol. The highest BCUT2D eigenvalue weighted by molar-refractivity contribution is 7.13. The zero-order valence-electron chi connectivity index (χ0n) is 36.1. The summed E-state index contributed by atoms with van der Waals surface area (Å²) in [4.78, 5) is 77.1. The SMILES string of the molecule is CCCNNC(=O)c1ccc(N2CCN(C(=O)CCCCCCC(=O)NC(C(=O)N3C[C@H](O)C[C@H]3C(=O)N[C@@H](C)c3ccc(-c4scnc4C)cc3)C(C)(C)C)CC2)cc1. The van der Waals surface area contributed by atoms with Crippen LogP contribution in [0.5, 0.6) is 0 Å². The minimum absolute atomic E-state index is 0.0116. The van der Waals surface area contributed by atoms with Crippen LogP contribution in [-0.2, 0) is 19.2 Å². The van der Waals surface area contributed by atoms with Crippen molar-refractivity contribution in [1.29, 1.82) is 0 Å².